The Morgan fingerprint density at radius 2 is 1.69 bits per heavy atom. The summed E-state index contributed by atoms with van der Waals surface area (Å²) in [6, 6.07) is 18.6. The molecule has 0 bridgehead atoms. The summed E-state index contributed by atoms with van der Waals surface area (Å²) in [6.45, 7) is 1.32. The first-order valence-electron chi connectivity index (χ1n) is 13.9. The van der Waals surface area contributed by atoms with Gasteiger partial charge >= 0.3 is 0 Å². The van der Waals surface area contributed by atoms with E-state index in [1.807, 2.05) is 6.92 Å². The van der Waals surface area contributed by atoms with Gasteiger partial charge in [-0.25, -0.2) is 8.42 Å². The number of methoxy groups -OCH3 is 1. The first kappa shape index (κ1) is 31.7. The van der Waals surface area contributed by atoms with Crippen molar-refractivity contribution in [1.29, 1.82) is 0 Å². The predicted octanol–water partition coefficient (Wildman–Crippen LogP) is 6.06. The Morgan fingerprint density at radius 1 is 0.976 bits per heavy atom. The molecule has 11 heteroatoms. The van der Waals surface area contributed by atoms with Crippen molar-refractivity contribution in [2.45, 2.75) is 62.6 Å². The fraction of sp³-hybridized carbons (Fsp3) is 0.355. The minimum absolute atomic E-state index is 0.0303. The molecule has 1 saturated carbocycles. The summed E-state index contributed by atoms with van der Waals surface area (Å²) in [5.41, 5.74) is 0.910. The third kappa shape index (κ3) is 7.56. The number of benzene rings is 3. The number of nitrogens with one attached hydrogen (secondary N) is 1. The first-order valence-corrected chi connectivity index (χ1v) is 16.1. The van der Waals surface area contributed by atoms with Crippen molar-refractivity contribution < 1.29 is 22.7 Å². The smallest absolute Gasteiger partial charge is 0.264 e. The maximum Gasteiger partial charge on any atom is 0.264 e. The molecule has 1 atom stereocenters. The molecule has 0 spiro atoms. The highest BCUT2D eigenvalue weighted by Crippen LogP contribution is 2.29. The van der Waals surface area contributed by atoms with Crippen molar-refractivity contribution in [3.63, 3.8) is 0 Å². The van der Waals surface area contributed by atoms with Crippen LogP contribution in [-0.4, -0.2) is 50.9 Å². The van der Waals surface area contributed by atoms with Crippen LogP contribution in [-0.2, 0) is 26.2 Å². The Bertz CT molecular complexity index is 1500. The van der Waals surface area contributed by atoms with Crippen molar-refractivity contribution in [2.24, 2.45) is 0 Å². The maximum absolute atomic E-state index is 14.2. The van der Waals surface area contributed by atoms with E-state index in [4.69, 9.17) is 27.9 Å². The van der Waals surface area contributed by atoms with Crippen molar-refractivity contribution in [1.82, 2.24) is 10.2 Å². The van der Waals surface area contributed by atoms with Gasteiger partial charge in [-0.1, -0.05) is 73.3 Å². The molecule has 3 aromatic rings. The summed E-state index contributed by atoms with van der Waals surface area (Å²) >= 11 is 12.4. The average molecular weight is 633 g/mol. The Morgan fingerprint density at radius 3 is 2.33 bits per heavy atom. The molecule has 0 radical (unpaired) electrons. The quantitative estimate of drug-likeness (QED) is 0.262. The zero-order valence-corrected chi connectivity index (χ0v) is 26.0. The molecule has 0 saturated heterocycles. The van der Waals surface area contributed by atoms with E-state index in [2.05, 4.69) is 5.32 Å². The van der Waals surface area contributed by atoms with Gasteiger partial charge in [-0.15, -0.1) is 0 Å². The van der Waals surface area contributed by atoms with Gasteiger partial charge in [-0.2, -0.15) is 0 Å². The van der Waals surface area contributed by atoms with E-state index in [1.165, 1.54) is 24.1 Å². The van der Waals surface area contributed by atoms with E-state index in [1.54, 1.807) is 60.7 Å². The van der Waals surface area contributed by atoms with Crippen LogP contribution in [0.25, 0.3) is 0 Å². The molecule has 1 aliphatic rings. The summed E-state index contributed by atoms with van der Waals surface area (Å²) in [6.07, 6.45) is 4.20. The van der Waals surface area contributed by atoms with E-state index >= 15 is 0 Å². The second-order valence-electron chi connectivity index (χ2n) is 10.2. The van der Waals surface area contributed by atoms with Crippen LogP contribution in [0.3, 0.4) is 0 Å². The lowest BCUT2D eigenvalue weighted by atomic mass is 10.1. The number of carbonyl (C=O) groups is 2. The third-order valence-electron chi connectivity index (χ3n) is 7.38. The number of nitrogens with zero attached hydrogens (tertiary/aromatic N) is 2. The fourth-order valence-corrected chi connectivity index (χ4v) is 6.88. The van der Waals surface area contributed by atoms with E-state index < -0.39 is 28.5 Å². The van der Waals surface area contributed by atoms with Crippen molar-refractivity contribution >= 4 is 50.7 Å². The van der Waals surface area contributed by atoms with Gasteiger partial charge in [-0.3, -0.25) is 13.9 Å². The van der Waals surface area contributed by atoms with Crippen molar-refractivity contribution in [3.8, 4) is 5.75 Å². The first-order chi connectivity index (χ1) is 20.1. The summed E-state index contributed by atoms with van der Waals surface area (Å²) < 4.78 is 34.3. The topological polar surface area (TPSA) is 96.0 Å². The number of halogens is 2. The van der Waals surface area contributed by atoms with Crippen LogP contribution in [0, 0.1) is 0 Å². The Labute approximate surface area is 257 Å². The van der Waals surface area contributed by atoms with Gasteiger partial charge in [0.1, 0.15) is 18.3 Å². The Kier molecular flexibility index (Phi) is 10.8. The van der Waals surface area contributed by atoms with Crippen molar-refractivity contribution in [2.75, 3.05) is 18.0 Å². The predicted molar refractivity (Wildman–Crippen MR) is 165 cm³/mol. The molecule has 3 aromatic carbocycles. The molecular weight excluding hydrogens is 597 g/mol. The number of anilines is 1. The van der Waals surface area contributed by atoms with Gasteiger partial charge < -0.3 is 15.0 Å². The zero-order chi connectivity index (χ0) is 30.3. The molecule has 4 rings (SSSR count). The number of sulfonamides is 1. The zero-order valence-electron chi connectivity index (χ0n) is 23.6. The van der Waals surface area contributed by atoms with Gasteiger partial charge in [0.15, 0.2) is 0 Å². The van der Waals surface area contributed by atoms with Crippen LogP contribution in [0.15, 0.2) is 77.7 Å². The lowest BCUT2D eigenvalue weighted by molar-refractivity contribution is -0.140. The molecule has 1 fully saturated rings. The largest absolute Gasteiger partial charge is 0.497 e. The lowest BCUT2D eigenvalue weighted by Gasteiger charge is -2.34. The highest BCUT2D eigenvalue weighted by Gasteiger charge is 2.34. The van der Waals surface area contributed by atoms with Crippen LogP contribution in [0.4, 0.5) is 5.69 Å². The molecule has 0 aliphatic heterocycles. The monoisotopic (exact) mass is 631 g/mol. The summed E-state index contributed by atoms with van der Waals surface area (Å²) in [7, 11) is -2.69. The SMILES string of the molecule is CC[C@H](C(=O)NC1CCCC1)N(Cc1ccc(Cl)c(Cl)c1)C(=O)CN(c1cccc(OC)c1)S(=O)(=O)c1ccccc1. The van der Waals surface area contributed by atoms with E-state index in [-0.39, 0.29) is 29.1 Å². The van der Waals surface area contributed by atoms with E-state index in [0.29, 0.717) is 27.8 Å². The number of rotatable bonds is 12. The number of hydrogen-bond acceptors (Lipinski definition) is 5. The van der Waals surface area contributed by atoms with Crippen LogP contribution >= 0.6 is 23.2 Å². The molecule has 0 unspecified atom stereocenters. The van der Waals surface area contributed by atoms with Gasteiger partial charge in [0.25, 0.3) is 10.0 Å². The molecule has 0 heterocycles. The highest BCUT2D eigenvalue weighted by molar-refractivity contribution is 7.92. The normalized spacial score (nSPS) is 14.3. The molecule has 42 heavy (non-hydrogen) atoms. The second-order valence-corrected chi connectivity index (χ2v) is 12.9. The molecule has 2 amide bonds. The molecule has 224 valence electrons. The third-order valence-corrected chi connectivity index (χ3v) is 9.90. The van der Waals surface area contributed by atoms with Crippen LogP contribution in [0.2, 0.25) is 10.0 Å². The second kappa shape index (κ2) is 14.3. The van der Waals surface area contributed by atoms with Gasteiger partial charge in [0.2, 0.25) is 11.8 Å². The number of carbonyl (C=O) groups excluding carboxylic acids is 2. The molecular formula is C31H35Cl2N3O5S. The minimum atomic E-state index is -4.17. The fourth-order valence-electron chi connectivity index (χ4n) is 5.14. The van der Waals surface area contributed by atoms with E-state index in [9.17, 15) is 18.0 Å². The summed E-state index contributed by atoms with van der Waals surface area (Å²) in [4.78, 5) is 29.2. The number of amides is 2. The number of hydrogen-bond donors (Lipinski definition) is 1. The average Bonchev–Trinajstić information content (AvgIpc) is 3.51. The molecule has 8 nitrogen and oxygen atoms in total. The standard InChI is InChI=1S/C31H35Cl2N3O5S/c1-3-29(31(38)34-23-10-7-8-11-23)35(20-22-16-17-27(32)28(33)18-22)30(37)21-36(24-12-9-13-25(19-24)41-2)42(39,40)26-14-5-4-6-15-26/h4-6,9,12-19,23,29H,3,7-8,10-11,20-21H2,1-2H3,(H,34,38)/t29-/m1/s1. The summed E-state index contributed by atoms with van der Waals surface area (Å²) in [5, 5.41) is 3.78. The number of ether oxygens (including phenoxy) is 1. The highest BCUT2D eigenvalue weighted by atomic mass is 35.5. The minimum Gasteiger partial charge on any atom is -0.497 e. The maximum atomic E-state index is 14.2. The van der Waals surface area contributed by atoms with Crippen LogP contribution < -0.4 is 14.4 Å². The van der Waals surface area contributed by atoms with Gasteiger partial charge in [0, 0.05) is 18.7 Å². The summed E-state index contributed by atoms with van der Waals surface area (Å²) in [5.74, 6) is -0.378. The molecule has 0 aromatic heterocycles. The van der Waals surface area contributed by atoms with Gasteiger partial charge in [-0.05, 0) is 61.2 Å². The molecule has 1 N–H and O–H groups in total. The Hall–Kier alpha value is -3.27. The lowest BCUT2D eigenvalue weighted by Crippen LogP contribution is -2.53. The van der Waals surface area contributed by atoms with E-state index in [0.717, 1.165) is 30.0 Å². The van der Waals surface area contributed by atoms with Crippen molar-refractivity contribution in [3.05, 3.63) is 88.4 Å². The molecule has 1 aliphatic carbocycles. The Balaban J connectivity index is 1.73. The van der Waals surface area contributed by atoms with Crippen LogP contribution in [0.5, 0.6) is 5.75 Å². The van der Waals surface area contributed by atoms with Crippen LogP contribution in [0.1, 0.15) is 44.6 Å². The van der Waals surface area contributed by atoms with Gasteiger partial charge in [0.05, 0.1) is 27.7 Å².